The first-order valence-corrected chi connectivity index (χ1v) is 4.40. The molecule has 0 saturated carbocycles. The largest absolute Gasteiger partial charge is 0.377 e. The van der Waals surface area contributed by atoms with Crippen LogP contribution in [-0.4, -0.2) is 20.7 Å². The zero-order valence-electron chi connectivity index (χ0n) is 5.85. The van der Waals surface area contributed by atoms with Crippen molar-refractivity contribution in [1.29, 1.82) is 0 Å². The lowest BCUT2D eigenvalue weighted by atomic mass is 10.3. The first-order valence-electron chi connectivity index (χ1n) is 2.72. The van der Waals surface area contributed by atoms with E-state index < -0.39 is 13.4 Å². The first-order chi connectivity index (χ1) is 4.34. The van der Waals surface area contributed by atoms with Crippen molar-refractivity contribution in [3.05, 3.63) is 11.6 Å². The molecule has 0 rings (SSSR count). The van der Waals surface area contributed by atoms with Crippen LogP contribution in [0, 0.1) is 0 Å². The molecule has 0 aliphatic heterocycles. The summed E-state index contributed by atoms with van der Waals surface area (Å²) < 4.78 is 10.3. The van der Waals surface area contributed by atoms with Gasteiger partial charge < -0.3 is 14.9 Å². The van der Waals surface area contributed by atoms with E-state index in [4.69, 9.17) is 14.9 Å². The van der Waals surface area contributed by atoms with Crippen LogP contribution in [0.4, 0.5) is 0 Å². The monoisotopic (exact) mass is 166 g/mol. The molecule has 0 radical (unpaired) electrons. The maximum Gasteiger partial charge on any atom is 0.357 e. The second kappa shape index (κ2) is 3.30. The number of allylic oxidation sites excluding steroid dienone is 1. The van der Waals surface area contributed by atoms with Gasteiger partial charge in [0.05, 0.1) is 0 Å². The number of rotatable bonds is 2. The summed E-state index contributed by atoms with van der Waals surface area (Å²) in [5.41, 5.74) is 0.677. The number of aliphatic hydroxyl groups is 1. The minimum atomic E-state index is -4.33. The van der Waals surface area contributed by atoms with E-state index >= 15 is 0 Å². The second-order valence-electron chi connectivity index (χ2n) is 2.25. The van der Waals surface area contributed by atoms with E-state index in [1.165, 1.54) is 0 Å². The van der Waals surface area contributed by atoms with Gasteiger partial charge in [0.2, 0.25) is 0 Å². The average molecular weight is 166 g/mol. The molecular formula is C5H11O4P. The molecule has 0 aliphatic rings. The van der Waals surface area contributed by atoms with E-state index in [9.17, 15) is 4.57 Å². The summed E-state index contributed by atoms with van der Waals surface area (Å²) >= 11 is 0. The van der Waals surface area contributed by atoms with E-state index in [2.05, 4.69) is 0 Å². The Hall–Kier alpha value is -0.150. The van der Waals surface area contributed by atoms with Crippen molar-refractivity contribution < 1.29 is 19.5 Å². The van der Waals surface area contributed by atoms with Gasteiger partial charge in [0.25, 0.3) is 0 Å². The lowest BCUT2D eigenvalue weighted by Crippen LogP contribution is -2.02. The van der Waals surface area contributed by atoms with Gasteiger partial charge in [-0.3, -0.25) is 4.57 Å². The smallest absolute Gasteiger partial charge is 0.357 e. The van der Waals surface area contributed by atoms with Crippen molar-refractivity contribution in [2.75, 3.05) is 0 Å². The summed E-state index contributed by atoms with van der Waals surface area (Å²) in [6.07, 6.45) is 1.13. The highest BCUT2D eigenvalue weighted by Gasteiger charge is 2.23. The van der Waals surface area contributed by atoms with Crippen LogP contribution in [0.3, 0.4) is 0 Å². The van der Waals surface area contributed by atoms with Gasteiger partial charge >= 0.3 is 7.60 Å². The Morgan fingerprint density at radius 1 is 1.50 bits per heavy atom. The molecule has 1 atom stereocenters. The molecule has 60 valence electrons. The van der Waals surface area contributed by atoms with Gasteiger partial charge in [-0.15, -0.1) is 0 Å². The van der Waals surface area contributed by atoms with Gasteiger partial charge in [0.15, 0.2) is 5.85 Å². The highest BCUT2D eigenvalue weighted by atomic mass is 31.2. The average Bonchev–Trinajstić information content (AvgIpc) is 1.60. The molecule has 0 aliphatic carbocycles. The molecule has 3 N–H and O–H groups in total. The highest BCUT2D eigenvalue weighted by Crippen LogP contribution is 2.40. The molecule has 0 amide bonds. The van der Waals surface area contributed by atoms with Gasteiger partial charge in [-0.1, -0.05) is 5.57 Å². The molecule has 0 unspecified atom stereocenters. The molecule has 5 heteroatoms. The van der Waals surface area contributed by atoms with E-state index in [1.807, 2.05) is 0 Å². The third-order valence-electron chi connectivity index (χ3n) is 0.827. The topological polar surface area (TPSA) is 77.8 Å². The Kier molecular flexibility index (Phi) is 3.25. The molecule has 0 spiro atoms. The summed E-state index contributed by atoms with van der Waals surface area (Å²) in [5.74, 6) is -1.66. The zero-order chi connectivity index (χ0) is 8.36. The Labute approximate surface area is 59.4 Å². The third-order valence-corrected chi connectivity index (χ3v) is 1.67. The molecule has 0 saturated heterocycles. The maximum atomic E-state index is 10.3. The standard InChI is InChI=1S/C5H11O4P/c1-4(2)3-5(6)10(7,8)9/h3,5-6H,1-2H3,(H2,7,8,9)/t5-/m0/s1. The molecule has 0 aromatic carbocycles. The van der Waals surface area contributed by atoms with Gasteiger partial charge in [0.1, 0.15) is 0 Å². The summed E-state index contributed by atoms with van der Waals surface area (Å²) in [4.78, 5) is 16.7. The van der Waals surface area contributed by atoms with Gasteiger partial charge in [-0.25, -0.2) is 0 Å². The Morgan fingerprint density at radius 3 is 2.00 bits per heavy atom. The quantitative estimate of drug-likeness (QED) is 0.411. The van der Waals surface area contributed by atoms with E-state index in [0.717, 1.165) is 6.08 Å². The third kappa shape index (κ3) is 3.80. The summed E-state index contributed by atoms with van der Waals surface area (Å²) in [6, 6.07) is 0. The molecule has 0 aromatic heterocycles. The normalized spacial score (nSPS) is 14.5. The summed E-state index contributed by atoms with van der Waals surface area (Å²) in [7, 11) is -4.33. The number of hydrogen-bond acceptors (Lipinski definition) is 2. The zero-order valence-corrected chi connectivity index (χ0v) is 6.75. The van der Waals surface area contributed by atoms with Crippen LogP contribution >= 0.6 is 7.60 Å². The van der Waals surface area contributed by atoms with Crippen LogP contribution in [-0.2, 0) is 4.57 Å². The summed E-state index contributed by atoms with van der Waals surface area (Å²) in [6.45, 7) is 3.30. The number of hydrogen-bond donors (Lipinski definition) is 3. The Balaban J connectivity index is 4.26. The fourth-order valence-corrected chi connectivity index (χ4v) is 0.888. The van der Waals surface area contributed by atoms with E-state index in [0.29, 0.717) is 5.57 Å². The minimum Gasteiger partial charge on any atom is -0.377 e. The van der Waals surface area contributed by atoms with Gasteiger partial charge in [0, 0.05) is 0 Å². The number of aliphatic hydroxyl groups excluding tert-OH is 1. The van der Waals surface area contributed by atoms with Crippen LogP contribution in [0.15, 0.2) is 11.6 Å². The van der Waals surface area contributed by atoms with Crippen LogP contribution in [0.25, 0.3) is 0 Å². The van der Waals surface area contributed by atoms with Crippen molar-refractivity contribution in [2.24, 2.45) is 0 Å². The molecule has 10 heavy (non-hydrogen) atoms. The molecule has 0 heterocycles. The van der Waals surface area contributed by atoms with Crippen LogP contribution in [0.5, 0.6) is 0 Å². The Morgan fingerprint density at radius 2 is 1.90 bits per heavy atom. The van der Waals surface area contributed by atoms with Crippen molar-refractivity contribution >= 4 is 7.60 Å². The van der Waals surface area contributed by atoms with Gasteiger partial charge in [-0.2, -0.15) is 0 Å². The fourth-order valence-electron chi connectivity index (χ4n) is 0.395. The van der Waals surface area contributed by atoms with Crippen molar-refractivity contribution in [2.45, 2.75) is 19.7 Å². The van der Waals surface area contributed by atoms with Crippen molar-refractivity contribution in [3.63, 3.8) is 0 Å². The Bertz CT molecular complexity index is 176. The predicted molar refractivity (Wildman–Crippen MR) is 37.5 cm³/mol. The van der Waals surface area contributed by atoms with Crippen LogP contribution in [0.2, 0.25) is 0 Å². The lowest BCUT2D eigenvalue weighted by Gasteiger charge is -2.07. The minimum absolute atomic E-state index is 0.677. The van der Waals surface area contributed by atoms with E-state index in [-0.39, 0.29) is 0 Å². The maximum absolute atomic E-state index is 10.3. The van der Waals surface area contributed by atoms with Crippen molar-refractivity contribution in [1.82, 2.24) is 0 Å². The molecule has 0 fully saturated rings. The second-order valence-corrected chi connectivity index (χ2v) is 3.95. The summed E-state index contributed by atoms with van der Waals surface area (Å²) in [5, 5.41) is 8.72. The molecule has 0 aromatic rings. The lowest BCUT2D eigenvalue weighted by molar-refractivity contribution is 0.238. The molecular weight excluding hydrogens is 155 g/mol. The SMILES string of the molecule is CC(C)=C[C@@H](O)P(=O)(O)O. The highest BCUT2D eigenvalue weighted by molar-refractivity contribution is 7.52. The van der Waals surface area contributed by atoms with Gasteiger partial charge in [-0.05, 0) is 19.9 Å². The first kappa shape index (κ1) is 9.85. The van der Waals surface area contributed by atoms with E-state index in [1.54, 1.807) is 13.8 Å². The van der Waals surface area contributed by atoms with Crippen LogP contribution < -0.4 is 0 Å². The van der Waals surface area contributed by atoms with Crippen LogP contribution in [0.1, 0.15) is 13.8 Å². The van der Waals surface area contributed by atoms with Crippen molar-refractivity contribution in [3.8, 4) is 0 Å². The molecule has 0 bridgehead atoms. The fraction of sp³-hybridized carbons (Fsp3) is 0.600. The predicted octanol–water partition coefficient (Wildman–Crippen LogP) is 0.449. The molecule has 4 nitrogen and oxygen atoms in total.